The molecular weight excluding hydrogens is 276 g/mol. The van der Waals surface area contributed by atoms with Crippen molar-refractivity contribution in [1.29, 1.82) is 0 Å². The summed E-state index contributed by atoms with van der Waals surface area (Å²) in [5.74, 6) is 1.31. The number of ether oxygens (including phenoxy) is 1. The van der Waals surface area contributed by atoms with E-state index in [1.807, 2.05) is 17.0 Å². The number of likely N-dealkylation sites (tertiary alicyclic amines) is 1. The van der Waals surface area contributed by atoms with Gasteiger partial charge in [-0.2, -0.15) is 0 Å². The number of rotatable bonds is 5. The van der Waals surface area contributed by atoms with Crippen LogP contribution in [-0.2, 0) is 4.79 Å². The van der Waals surface area contributed by atoms with E-state index >= 15 is 0 Å². The molecule has 0 aromatic heterocycles. The van der Waals surface area contributed by atoms with Crippen LogP contribution >= 0.6 is 0 Å². The number of carbonyl (C=O) groups excluding carboxylic acids is 1. The van der Waals surface area contributed by atoms with Crippen LogP contribution in [0, 0.1) is 0 Å². The summed E-state index contributed by atoms with van der Waals surface area (Å²) in [7, 11) is 0. The van der Waals surface area contributed by atoms with Crippen LogP contribution in [0.15, 0.2) is 24.3 Å². The molecule has 0 unspecified atom stereocenters. The van der Waals surface area contributed by atoms with E-state index in [1.165, 1.54) is 5.56 Å². The minimum absolute atomic E-state index is 0.142. The Balaban J connectivity index is 1.54. The van der Waals surface area contributed by atoms with Crippen molar-refractivity contribution in [2.45, 2.75) is 51.2 Å². The van der Waals surface area contributed by atoms with Crippen LogP contribution < -0.4 is 10.1 Å². The lowest BCUT2D eigenvalue weighted by Crippen LogP contribution is -2.40. The van der Waals surface area contributed by atoms with Crippen LogP contribution in [0.3, 0.4) is 0 Å². The Kier molecular flexibility index (Phi) is 4.39. The summed E-state index contributed by atoms with van der Waals surface area (Å²) in [5, 5.41) is 3.65. The van der Waals surface area contributed by atoms with E-state index in [-0.39, 0.29) is 5.60 Å². The molecule has 0 spiro atoms. The van der Waals surface area contributed by atoms with Gasteiger partial charge >= 0.3 is 0 Å². The maximum absolute atomic E-state index is 11.6. The van der Waals surface area contributed by atoms with E-state index in [0.717, 1.165) is 51.1 Å². The molecule has 1 aromatic carbocycles. The highest BCUT2D eigenvalue weighted by molar-refractivity contribution is 5.77. The predicted octanol–water partition coefficient (Wildman–Crippen LogP) is 2.89. The zero-order valence-electron chi connectivity index (χ0n) is 13.6. The summed E-state index contributed by atoms with van der Waals surface area (Å²) in [4.78, 5) is 13.6. The quantitative estimate of drug-likeness (QED) is 0.850. The van der Waals surface area contributed by atoms with Gasteiger partial charge in [-0.05, 0) is 39.3 Å². The average Bonchev–Trinajstić information content (AvgIpc) is 2.87. The summed E-state index contributed by atoms with van der Waals surface area (Å²) < 4.78 is 6.06. The minimum Gasteiger partial charge on any atom is -0.487 e. The Morgan fingerprint density at radius 1 is 1.36 bits per heavy atom. The highest BCUT2D eigenvalue weighted by Gasteiger charge is 2.33. The van der Waals surface area contributed by atoms with Crippen LogP contribution in [-0.4, -0.2) is 36.0 Å². The molecule has 1 fully saturated rings. The summed E-state index contributed by atoms with van der Waals surface area (Å²) in [6, 6.07) is 8.61. The van der Waals surface area contributed by atoms with Crippen LogP contribution in [0.1, 0.15) is 51.1 Å². The highest BCUT2D eigenvalue weighted by Crippen LogP contribution is 2.39. The molecule has 0 radical (unpaired) electrons. The van der Waals surface area contributed by atoms with Crippen molar-refractivity contribution >= 4 is 5.91 Å². The molecule has 120 valence electrons. The van der Waals surface area contributed by atoms with Crippen molar-refractivity contribution < 1.29 is 9.53 Å². The fraction of sp³-hybridized carbons (Fsp3) is 0.611. The van der Waals surface area contributed by atoms with Gasteiger partial charge in [0, 0.05) is 37.5 Å². The molecule has 1 N–H and O–H groups in total. The Bertz CT molecular complexity index is 542. The fourth-order valence-electron chi connectivity index (χ4n) is 3.47. The molecule has 1 amide bonds. The number of hydrogen-bond donors (Lipinski definition) is 1. The van der Waals surface area contributed by atoms with Crippen molar-refractivity contribution in [2.75, 3.05) is 19.6 Å². The SMILES string of the molecule is CC1(C)C[C@H](NCCCN2CCCC2=O)c2ccccc2O1. The molecule has 2 heterocycles. The Morgan fingerprint density at radius 2 is 2.18 bits per heavy atom. The zero-order valence-corrected chi connectivity index (χ0v) is 13.6. The minimum atomic E-state index is -0.142. The first-order valence-electron chi connectivity index (χ1n) is 8.34. The third-order valence-corrected chi connectivity index (χ3v) is 4.54. The standard InChI is InChI=1S/C18H26N2O2/c1-18(2)13-15(14-7-3-4-8-16(14)22-18)19-10-6-12-20-11-5-9-17(20)21/h3-4,7-8,15,19H,5-6,9-13H2,1-2H3/t15-/m0/s1. The third kappa shape index (κ3) is 3.43. The topological polar surface area (TPSA) is 41.6 Å². The molecular formula is C18H26N2O2. The van der Waals surface area contributed by atoms with Crippen molar-refractivity contribution in [3.05, 3.63) is 29.8 Å². The van der Waals surface area contributed by atoms with E-state index in [9.17, 15) is 4.79 Å². The summed E-state index contributed by atoms with van der Waals surface area (Å²) >= 11 is 0. The molecule has 4 nitrogen and oxygen atoms in total. The van der Waals surface area contributed by atoms with E-state index < -0.39 is 0 Å². The van der Waals surface area contributed by atoms with E-state index in [0.29, 0.717) is 11.9 Å². The van der Waals surface area contributed by atoms with Gasteiger partial charge in [0.05, 0.1) is 0 Å². The monoisotopic (exact) mass is 302 g/mol. The number of benzene rings is 1. The zero-order chi connectivity index (χ0) is 15.6. The molecule has 0 aliphatic carbocycles. The lowest BCUT2D eigenvalue weighted by Gasteiger charge is -2.38. The van der Waals surface area contributed by atoms with Gasteiger partial charge in [-0.1, -0.05) is 18.2 Å². The van der Waals surface area contributed by atoms with Gasteiger partial charge in [0.15, 0.2) is 0 Å². The molecule has 2 aliphatic rings. The number of para-hydroxylation sites is 1. The van der Waals surface area contributed by atoms with Gasteiger partial charge in [0.25, 0.3) is 0 Å². The molecule has 0 saturated carbocycles. The second kappa shape index (κ2) is 6.29. The maximum atomic E-state index is 11.6. The number of fused-ring (bicyclic) bond motifs is 1. The van der Waals surface area contributed by atoms with Gasteiger partial charge in [-0.3, -0.25) is 4.79 Å². The maximum Gasteiger partial charge on any atom is 0.222 e. The predicted molar refractivity (Wildman–Crippen MR) is 86.9 cm³/mol. The first-order chi connectivity index (χ1) is 10.6. The molecule has 0 bridgehead atoms. The summed E-state index contributed by atoms with van der Waals surface area (Å²) in [6.07, 6.45) is 3.72. The van der Waals surface area contributed by atoms with Crippen LogP contribution in [0.25, 0.3) is 0 Å². The van der Waals surface area contributed by atoms with Crippen LogP contribution in [0.2, 0.25) is 0 Å². The molecule has 1 atom stereocenters. The largest absolute Gasteiger partial charge is 0.487 e. The van der Waals surface area contributed by atoms with Crippen LogP contribution in [0.4, 0.5) is 0 Å². The number of amides is 1. The highest BCUT2D eigenvalue weighted by atomic mass is 16.5. The smallest absolute Gasteiger partial charge is 0.222 e. The normalized spacial score (nSPS) is 23.3. The van der Waals surface area contributed by atoms with Crippen molar-refractivity contribution in [2.24, 2.45) is 0 Å². The van der Waals surface area contributed by atoms with Crippen molar-refractivity contribution in [1.82, 2.24) is 10.2 Å². The second-order valence-electron chi connectivity index (χ2n) is 6.95. The number of hydrogen-bond acceptors (Lipinski definition) is 3. The number of carbonyl (C=O) groups is 1. The number of nitrogens with one attached hydrogen (secondary N) is 1. The second-order valence-corrected chi connectivity index (χ2v) is 6.95. The van der Waals surface area contributed by atoms with E-state index in [1.54, 1.807) is 0 Å². The lowest BCUT2D eigenvalue weighted by molar-refractivity contribution is -0.127. The Morgan fingerprint density at radius 3 is 2.95 bits per heavy atom. The third-order valence-electron chi connectivity index (χ3n) is 4.54. The molecule has 4 heteroatoms. The Labute approximate surface area is 132 Å². The summed E-state index contributed by atoms with van der Waals surface area (Å²) in [5.41, 5.74) is 1.11. The van der Waals surface area contributed by atoms with Crippen molar-refractivity contribution in [3.63, 3.8) is 0 Å². The van der Waals surface area contributed by atoms with Gasteiger partial charge in [-0.15, -0.1) is 0 Å². The molecule has 1 aromatic rings. The number of nitrogens with zero attached hydrogens (tertiary/aromatic N) is 1. The molecule has 3 rings (SSSR count). The molecule has 2 aliphatic heterocycles. The van der Waals surface area contributed by atoms with Crippen LogP contribution in [0.5, 0.6) is 5.75 Å². The van der Waals surface area contributed by atoms with Crippen molar-refractivity contribution in [3.8, 4) is 5.75 Å². The summed E-state index contributed by atoms with van der Waals surface area (Å²) in [6.45, 7) is 7.02. The van der Waals surface area contributed by atoms with Gasteiger partial charge < -0.3 is 15.0 Å². The fourth-order valence-corrected chi connectivity index (χ4v) is 3.47. The first-order valence-corrected chi connectivity index (χ1v) is 8.34. The lowest BCUT2D eigenvalue weighted by atomic mass is 9.89. The van der Waals surface area contributed by atoms with Gasteiger partial charge in [0.2, 0.25) is 5.91 Å². The van der Waals surface area contributed by atoms with E-state index in [4.69, 9.17) is 4.74 Å². The van der Waals surface area contributed by atoms with E-state index in [2.05, 4.69) is 31.3 Å². The Hall–Kier alpha value is -1.55. The van der Waals surface area contributed by atoms with Gasteiger partial charge in [-0.25, -0.2) is 0 Å². The van der Waals surface area contributed by atoms with Gasteiger partial charge in [0.1, 0.15) is 11.4 Å². The first kappa shape index (κ1) is 15.3. The molecule has 22 heavy (non-hydrogen) atoms. The average molecular weight is 302 g/mol. The molecule has 1 saturated heterocycles.